The van der Waals surface area contributed by atoms with Crippen molar-refractivity contribution in [3.8, 4) is 0 Å². The van der Waals surface area contributed by atoms with Crippen molar-refractivity contribution in [1.29, 1.82) is 0 Å². The van der Waals surface area contributed by atoms with Crippen molar-refractivity contribution >= 4 is 28.3 Å². The lowest BCUT2D eigenvalue weighted by molar-refractivity contribution is 0.505. The molecule has 0 saturated heterocycles. The Morgan fingerprint density at radius 1 is 1.29 bits per heavy atom. The second kappa shape index (κ2) is 3.84. The second-order valence-corrected chi connectivity index (χ2v) is 5.22. The van der Waals surface area contributed by atoms with Gasteiger partial charge in [0.2, 0.25) is 0 Å². The van der Waals surface area contributed by atoms with Gasteiger partial charge in [0, 0.05) is 16.3 Å². The van der Waals surface area contributed by atoms with Gasteiger partial charge in [-0.25, -0.2) is 0 Å². The van der Waals surface area contributed by atoms with E-state index in [0.29, 0.717) is 4.83 Å². The lowest BCUT2D eigenvalue weighted by Crippen LogP contribution is -2.29. The van der Waals surface area contributed by atoms with Crippen LogP contribution in [-0.2, 0) is 5.41 Å². The van der Waals surface area contributed by atoms with Crippen LogP contribution < -0.4 is 5.73 Å². The fourth-order valence-electron chi connectivity index (χ4n) is 2.13. The Hall–Kier alpha value is -0.0500. The van der Waals surface area contributed by atoms with Crippen LogP contribution in [0.25, 0.3) is 0 Å². The standard InChI is InChI=1S/C11H14BrN.ClH/c1-11(2)8-6-4-3-5-7(8)9(13)10(11)12;/h3-6,9-10H,13H2,1-2H3;1H. The number of nitrogens with two attached hydrogens (primary N) is 1. The van der Waals surface area contributed by atoms with E-state index in [1.807, 2.05) is 0 Å². The van der Waals surface area contributed by atoms with Gasteiger partial charge in [0.25, 0.3) is 0 Å². The second-order valence-electron chi connectivity index (χ2n) is 4.24. The van der Waals surface area contributed by atoms with Gasteiger partial charge in [0.05, 0.1) is 0 Å². The summed E-state index contributed by atoms with van der Waals surface area (Å²) in [5, 5.41) is 0. The minimum Gasteiger partial charge on any atom is -0.323 e. The first-order chi connectivity index (χ1) is 6.05. The van der Waals surface area contributed by atoms with Crippen molar-refractivity contribution in [2.45, 2.75) is 30.1 Å². The van der Waals surface area contributed by atoms with E-state index in [4.69, 9.17) is 5.73 Å². The van der Waals surface area contributed by atoms with E-state index in [-0.39, 0.29) is 23.9 Å². The molecule has 0 heterocycles. The van der Waals surface area contributed by atoms with Crippen LogP contribution in [0.3, 0.4) is 0 Å². The summed E-state index contributed by atoms with van der Waals surface area (Å²) in [6.45, 7) is 4.47. The molecule has 0 bridgehead atoms. The summed E-state index contributed by atoms with van der Waals surface area (Å²) in [7, 11) is 0. The maximum atomic E-state index is 6.12. The summed E-state index contributed by atoms with van der Waals surface area (Å²) in [6.07, 6.45) is 0. The van der Waals surface area contributed by atoms with Crippen molar-refractivity contribution < 1.29 is 0 Å². The van der Waals surface area contributed by atoms with Gasteiger partial charge in [-0.2, -0.15) is 0 Å². The predicted molar refractivity (Wildman–Crippen MR) is 66.4 cm³/mol. The van der Waals surface area contributed by atoms with Gasteiger partial charge >= 0.3 is 0 Å². The normalized spacial score (nSPS) is 28.0. The first-order valence-electron chi connectivity index (χ1n) is 4.54. The zero-order chi connectivity index (χ0) is 9.64. The number of halogens is 2. The van der Waals surface area contributed by atoms with E-state index < -0.39 is 0 Å². The highest BCUT2D eigenvalue weighted by molar-refractivity contribution is 9.09. The van der Waals surface area contributed by atoms with Crippen molar-refractivity contribution in [3.05, 3.63) is 35.4 Å². The van der Waals surface area contributed by atoms with Crippen LogP contribution in [0.5, 0.6) is 0 Å². The highest BCUT2D eigenvalue weighted by Gasteiger charge is 2.42. The largest absolute Gasteiger partial charge is 0.323 e. The smallest absolute Gasteiger partial charge is 0.0433 e. The van der Waals surface area contributed by atoms with Crippen LogP contribution in [-0.4, -0.2) is 4.83 Å². The molecular weight excluding hydrogens is 261 g/mol. The Morgan fingerprint density at radius 3 is 2.43 bits per heavy atom. The van der Waals surface area contributed by atoms with Gasteiger partial charge in [0.1, 0.15) is 0 Å². The number of hydrogen-bond donors (Lipinski definition) is 1. The van der Waals surface area contributed by atoms with Gasteiger partial charge in [0.15, 0.2) is 0 Å². The zero-order valence-corrected chi connectivity index (χ0v) is 10.7. The molecule has 14 heavy (non-hydrogen) atoms. The van der Waals surface area contributed by atoms with Crippen molar-refractivity contribution in [3.63, 3.8) is 0 Å². The van der Waals surface area contributed by atoms with Crippen LogP contribution in [0.2, 0.25) is 0 Å². The van der Waals surface area contributed by atoms with Crippen molar-refractivity contribution in [1.82, 2.24) is 0 Å². The summed E-state index contributed by atoms with van der Waals surface area (Å²) in [5.41, 5.74) is 8.93. The Labute approximate surface area is 99.6 Å². The molecule has 2 rings (SSSR count). The van der Waals surface area contributed by atoms with Gasteiger partial charge in [-0.1, -0.05) is 54.0 Å². The molecule has 0 fully saturated rings. The number of alkyl halides is 1. The summed E-state index contributed by atoms with van der Waals surface area (Å²) < 4.78 is 0. The van der Waals surface area contributed by atoms with Crippen LogP contribution in [0.1, 0.15) is 31.0 Å². The summed E-state index contributed by atoms with van der Waals surface area (Å²) in [4.78, 5) is 0.345. The number of fused-ring (bicyclic) bond motifs is 1. The van der Waals surface area contributed by atoms with E-state index in [0.717, 1.165) is 0 Å². The lowest BCUT2D eigenvalue weighted by atomic mass is 9.86. The SMILES string of the molecule is CC1(C)c2ccccc2C(N)C1Br.Cl. The highest BCUT2D eigenvalue weighted by Crippen LogP contribution is 2.47. The molecule has 0 aliphatic heterocycles. The summed E-state index contributed by atoms with van der Waals surface area (Å²) in [5.74, 6) is 0. The molecule has 0 saturated carbocycles. The third-order valence-corrected chi connectivity index (χ3v) is 4.73. The first-order valence-corrected chi connectivity index (χ1v) is 5.46. The van der Waals surface area contributed by atoms with Crippen LogP contribution in [0.4, 0.5) is 0 Å². The molecule has 2 unspecified atom stereocenters. The van der Waals surface area contributed by atoms with Crippen LogP contribution in [0, 0.1) is 0 Å². The van der Waals surface area contributed by atoms with Crippen molar-refractivity contribution in [2.75, 3.05) is 0 Å². The fraction of sp³-hybridized carbons (Fsp3) is 0.455. The Kier molecular flexibility index (Phi) is 3.30. The van der Waals surface area contributed by atoms with E-state index in [1.165, 1.54) is 11.1 Å². The number of hydrogen-bond acceptors (Lipinski definition) is 1. The molecule has 2 atom stereocenters. The molecule has 0 aromatic heterocycles. The molecular formula is C11H15BrClN. The molecule has 1 nitrogen and oxygen atoms in total. The minimum absolute atomic E-state index is 0. The van der Waals surface area contributed by atoms with Gasteiger partial charge in [-0.15, -0.1) is 12.4 Å². The molecule has 0 amide bonds. The van der Waals surface area contributed by atoms with Gasteiger partial charge < -0.3 is 5.73 Å². The average molecular weight is 277 g/mol. The lowest BCUT2D eigenvalue weighted by Gasteiger charge is -2.24. The molecule has 1 aliphatic carbocycles. The first kappa shape index (κ1) is 12.0. The van der Waals surface area contributed by atoms with Crippen molar-refractivity contribution in [2.24, 2.45) is 5.73 Å². The van der Waals surface area contributed by atoms with E-state index in [1.54, 1.807) is 0 Å². The molecule has 1 aromatic carbocycles. The Balaban J connectivity index is 0.000000980. The molecule has 2 N–H and O–H groups in total. The molecule has 0 radical (unpaired) electrons. The van der Waals surface area contributed by atoms with E-state index in [9.17, 15) is 0 Å². The quantitative estimate of drug-likeness (QED) is 0.724. The molecule has 0 spiro atoms. The predicted octanol–water partition coefficient (Wildman–Crippen LogP) is 3.16. The molecule has 1 aromatic rings. The fourth-order valence-corrected chi connectivity index (χ4v) is 2.66. The third-order valence-electron chi connectivity index (χ3n) is 3.02. The van der Waals surface area contributed by atoms with Gasteiger partial charge in [-0.3, -0.25) is 0 Å². The average Bonchev–Trinajstić information content (AvgIpc) is 2.30. The highest BCUT2D eigenvalue weighted by atomic mass is 79.9. The maximum absolute atomic E-state index is 6.12. The van der Waals surface area contributed by atoms with E-state index in [2.05, 4.69) is 54.0 Å². The Morgan fingerprint density at radius 2 is 1.86 bits per heavy atom. The number of rotatable bonds is 0. The van der Waals surface area contributed by atoms with Gasteiger partial charge in [-0.05, 0) is 11.1 Å². The van der Waals surface area contributed by atoms with E-state index >= 15 is 0 Å². The zero-order valence-electron chi connectivity index (χ0n) is 8.33. The maximum Gasteiger partial charge on any atom is 0.0433 e. The molecule has 1 aliphatic rings. The molecule has 78 valence electrons. The topological polar surface area (TPSA) is 26.0 Å². The van der Waals surface area contributed by atoms with Crippen LogP contribution >= 0.6 is 28.3 Å². The Bertz CT molecular complexity index is 338. The summed E-state index contributed by atoms with van der Waals surface area (Å²) >= 11 is 3.68. The monoisotopic (exact) mass is 275 g/mol. The summed E-state index contributed by atoms with van der Waals surface area (Å²) in [6, 6.07) is 8.57. The third kappa shape index (κ3) is 1.50. The molecule has 3 heteroatoms. The van der Waals surface area contributed by atoms with Crippen LogP contribution in [0.15, 0.2) is 24.3 Å². The number of benzene rings is 1. The minimum atomic E-state index is 0.